The molecule has 0 bridgehead atoms. The minimum atomic E-state index is -0.421. The molecule has 132 valence electrons. The Morgan fingerprint density at radius 1 is 1.19 bits per heavy atom. The number of rotatable bonds is 5. The van der Waals surface area contributed by atoms with Gasteiger partial charge in [-0.2, -0.15) is 4.98 Å². The Kier molecular flexibility index (Phi) is 4.19. The summed E-state index contributed by atoms with van der Waals surface area (Å²) in [4.78, 5) is 30.6. The molecule has 4 rings (SSSR count). The van der Waals surface area contributed by atoms with Gasteiger partial charge < -0.3 is 20.4 Å². The summed E-state index contributed by atoms with van der Waals surface area (Å²) in [6.45, 7) is 0.113. The average molecular weight is 369 g/mol. The number of aliphatic hydroxyl groups excluding tert-OH is 1. The van der Waals surface area contributed by atoms with Crippen molar-refractivity contribution in [3.05, 3.63) is 46.9 Å². The van der Waals surface area contributed by atoms with Crippen molar-refractivity contribution >= 4 is 28.9 Å². The minimum Gasteiger partial charge on any atom is -0.395 e. The number of imidazole rings is 2. The van der Waals surface area contributed by atoms with Crippen molar-refractivity contribution in [1.29, 1.82) is 0 Å². The Morgan fingerprint density at radius 2 is 2.00 bits per heavy atom. The monoisotopic (exact) mass is 369 g/mol. The second-order valence-corrected chi connectivity index (χ2v) is 6.41. The van der Waals surface area contributed by atoms with E-state index in [2.05, 4.69) is 24.9 Å². The quantitative estimate of drug-likeness (QED) is 0.415. The standard InChI is InChI=1S/C16H15N7O2S/c17-14-21-12-11(13(25)22-14)20-16(23(12)6-7-24)26-15-18-8-10(19-15)9-4-2-1-3-5-9/h1-5,8,24H,6-7H2,(H,18,19)(H3,17,21,22,25). The van der Waals surface area contributed by atoms with E-state index in [4.69, 9.17) is 5.73 Å². The molecule has 0 aliphatic carbocycles. The van der Waals surface area contributed by atoms with Crippen LogP contribution in [0, 0.1) is 0 Å². The van der Waals surface area contributed by atoms with Gasteiger partial charge >= 0.3 is 0 Å². The SMILES string of the molecule is Nc1nc2c(nc(Sc3nc(-c4ccccc4)c[nH]3)n2CCO)c(=O)[nH]1. The van der Waals surface area contributed by atoms with Crippen LogP contribution < -0.4 is 11.3 Å². The summed E-state index contributed by atoms with van der Waals surface area (Å²) in [5.74, 6) is 0.00232. The van der Waals surface area contributed by atoms with Gasteiger partial charge in [-0.1, -0.05) is 30.3 Å². The van der Waals surface area contributed by atoms with E-state index >= 15 is 0 Å². The van der Waals surface area contributed by atoms with Crippen LogP contribution in [0.25, 0.3) is 22.4 Å². The summed E-state index contributed by atoms with van der Waals surface area (Å²) in [7, 11) is 0. The molecule has 0 fully saturated rings. The van der Waals surface area contributed by atoms with Crippen LogP contribution in [-0.4, -0.2) is 41.2 Å². The summed E-state index contributed by atoms with van der Waals surface area (Å²) < 4.78 is 1.65. The number of hydrogen-bond donors (Lipinski definition) is 4. The Hall–Kier alpha value is -3.11. The summed E-state index contributed by atoms with van der Waals surface area (Å²) in [5, 5.41) is 10.5. The number of nitrogen functional groups attached to an aromatic ring is 1. The predicted octanol–water partition coefficient (Wildman–Crippen LogP) is 1.24. The number of benzene rings is 1. The van der Waals surface area contributed by atoms with Gasteiger partial charge in [0.1, 0.15) is 0 Å². The third-order valence-electron chi connectivity index (χ3n) is 3.72. The molecule has 0 aliphatic heterocycles. The lowest BCUT2D eigenvalue weighted by atomic mass is 10.2. The molecule has 3 aromatic heterocycles. The Morgan fingerprint density at radius 3 is 2.77 bits per heavy atom. The maximum Gasteiger partial charge on any atom is 0.280 e. The first-order valence-corrected chi connectivity index (χ1v) is 8.63. The van der Waals surface area contributed by atoms with E-state index < -0.39 is 5.56 Å². The minimum absolute atomic E-state index is 0.00232. The lowest BCUT2D eigenvalue weighted by Crippen LogP contribution is -2.12. The van der Waals surface area contributed by atoms with Gasteiger partial charge in [0.25, 0.3) is 5.56 Å². The average Bonchev–Trinajstić information content (AvgIpc) is 3.23. The highest BCUT2D eigenvalue weighted by Gasteiger charge is 2.17. The summed E-state index contributed by atoms with van der Waals surface area (Å²) in [5.41, 5.74) is 7.50. The molecule has 0 aliphatic rings. The fraction of sp³-hybridized carbons (Fsp3) is 0.125. The zero-order valence-corrected chi connectivity index (χ0v) is 14.3. The highest BCUT2D eigenvalue weighted by atomic mass is 32.2. The maximum absolute atomic E-state index is 12.1. The van der Waals surface area contributed by atoms with Gasteiger partial charge in [-0.15, -0.1) is 0 Å². The number of H-pyrrole nitrogens is 2. The maximum atomic E-state index is 12.1. The Balaban J connectivity index is 1.73. The van der Waals surface area contributed by atoms with Gasteiger partial charge in [-0.25, -0.2) is 9.97 Å². The number of nitrogens with one attached hydrogen (secondary N) is 2. The number of aromatic amines is 2. The Bertz CT molecular complexity index is 1120. The molecule has 0 saturated heterocycles. The molecule has 0 unspecified atom stereocenters. The number of aliphatic hydroxyl groups is 1. The number of nitrogens with two attached hydrogens (primary N) is 1. The molecule has 9 nitrogen and oxygen atoms in total. The largest absolute Gasteiger partial charge is 0.395 e. The van der Waals surface area contributed by atoms with Crippen molar-refractivity contribution in [2.45, 2.75) is 16.9 Å². The number of fused-ring (bicyclic) bond motifs is 1. The molecule has 1 aromatic carbocycles. The predicted molar refractivity (Wildman–Crippen MR) is 97.8 cm³/mol. The van der Waals surface area contributed by atoms with Crippen LogP contribution in [0.2, 0.25) is 0 Å². The first-order valence-electron chi connectivity index (χ1n) is 7.81. The second-order valence-electron chi connectivity index (χ2n) is 5.45. The number of aromatic nitrogens is 6. The molecule has 26 heavy (non-hydrogen) atoms. The van der Waals surface area contributed by atoms with Crippen molar-refractivity contribution in [3.63, 3.8) is 0 Å². The number of nitrogens with zero attached hydrogens (tertiary/aromatic N) is 4. The number of hydrogen-bond acceptors (Lipinski definition) is 7. The molecule has 0 saturated carbocycles. The third-order valence-corrected chi connectivity index (χ3v) is 4.62. The van der Waals surface area contributed by atoms with Crippen molar-refractivity contribution in [3.8, 4) is 11.3 Å². The molecule has 0 spiro atoms. The van der Waals surface area contributed by atoms with Crippen LogP contribution in [-0.2, 0) is 6.54 Å². The van der Waals surface area contributed by atoms with Crippen LogP contribution >= 0.6 is 11.8 Å². The van der Waals surface area contributed by atoms with Crippen LogP contribution in [0.4, 0.5) is 5.95 Å². The molecular formula is C16H15N7O2S. The smallest absolute Gasteiger partial charge is 0.280 e. The first-order chi connectivity index (χ1) is 12.7. The molecule has 0 amide bonds. The second kappa shape index (κ2) is 6.65. The topological polar surface area (TPSA) is 138 Å². The zero-order valence-electron chi connectivity index (χ0n) is 13.5. The normalized spacial score (nSPS) is 11.3. The van der Waals surface area contributed by atoms with E-state index in [1.54, 1.807) is 10.8 Å². The van der Waals surface area contributed by atoms with E-state index in [-0.39, 0.29) is 24.6 Å². The lowest BCUT2D eigenvalue weighted by molar-refractivity contribution is 0.273. The molecule has 4 aromatic rings. The van der Waals surface area contributed by atoms with Gasteiger partial charge in [-0.05, 0) is 11.8 Å². The van der Waals surface area contributed by atoms with Crippen molar-refractivity contribution < 1.29 is 5.11 Å². The molecule has 0 atom stereocenters. The van der Waals surface area contributed by atoms with Crippen LogP contribution in [0.1, 0.15) is 0 Å². The van der Waals surface area contributed by atoms with Crippen LogP contribution in [0.3, 0.4) is 0 Å². The molecule has 0 radical (unpaired) electrons. The van der Waals surface area contributed by atoms with Crippen molar-refractivity contribution in [2.75, 3.05) is 12.3 Å². The van der Waals surface area contributed by atoms with E-state index in [1.807, 2.05) is 30.3 Å². The fourth-order valence-corrected chi connectivity index (χ4v) is 3.45. The summed E-state index contributed by atoms with van der Waals surface area (Å²) in [6.07, 6.45) is 1.81. The molecule has 5 N–H and O–H groups in total. The number of anilines is 1. The van der Waals surface area contributed by atoms with Gasteiger partial charge in [0.05, 0.1) is 12.3 Å². The summed E-state index contributed by atoms with van der Waals surface area (Å²) in [6, 6.07) is 9.77. The Labute approximate surface area is 151 Å². The van der Waals surface area contributed by atoms with Gasteiger partial charge in [-0.3, -0.25) is 9.78 Å². The van der Waals surface area contributed by atoms with Gasteiger partial charge in [0.15, 0.2) is 21.5 Å². The van der Waals surface area contributed by atoms with Gasteiger partial charge in [0, 0.05) is 18.3 Å². The fourth-order valence-electron chi connectivity index (χ4n) is 2.59. The molecule has 3 heterocycles. The highest BCUT2D eigenvalue weighted by molar-refractivity contribution is 7.99. The van der Waals surface area contributed by atoms with E-state index in [0.29, 0.717) is 16.0 Å². The van der Waals surface area contributed by atoms with Crippen molar-refractivity contribution in [1.82, 2.24) is 29.5 Å². The molecular weight excluding hydrogens is 354 g/mol. The zero-order chi connectivity index (χ0) is 18.1. The first kappa shape index (κ1) is 16.4. The van der Waals surface area contributed by atoms with E-state index in [1.165, 1.54) is 11.8 Å². The van der Waals surface area contributed by atoms with Crippen molar-refractivity contribution in [2.24, 2.45) is 0 Å². The lowest BCUT2D eigenvalue weighted by Gasteiger charge is -2.04. The van der Waals surface area contributed by atoms with E-state index in [0.717, 1.165) is 11.3 Å². The molecule has 10 heteroatoms. The highest BCUT2D eigenvalue weighted by Crippen LogP contribution is 2.28. The van der Waals surface area contributed by atoms with E-state index in [9.17, 15) is 9.90 Å². The van der Waals surface area contributed by atoms with Crippen LogP contribution in [0.5, 0.6) is 0 Å². The third kappa shape index (κ3) is 2.95. The van der Waals surface area contributed by atoms with Crippen LogP contribution in [0.15, 0.2) is 51.6 Å². The van der Waals surface area contributed by atoms with Gasteiger partial charge in [0.2, 0.25) is 5.95 Å². The summed E-state index contributed by atoms with van der Waals surface area (Å²) >= 11 is 1.25.